The molecule has 2 aliphatic carbocycles. The molecule has 1 aromatic heterocycles. The second-order valence-corrected chi connectivity index (χ2v) is 9.01. The molecule has 2 N–H and O–H groups in total. The van der Waals surface area contributed by atoms with Gasteiger partial charge in [0.2, 0.25) is 0 Å². The summed E-state index contributed by atoms with van der Waals surface area (Å²) in [7, 11) is 0. The highest BCUT2D eigenvalue weighted by atomic mass is 19.1. The van der Waals surface area contributed by atoms with Gasteiger partial charge >= 0.3 is 0 Å². The molecule has 4 aliphatic rings. The minimum atomic E-state index is -0.251. The Balaban J connectivity index is 1.25. The molecule has 1 aromatic rings. The number of aliphatic imine (C=N–C) groups is 1. The van der Waals surface area contributed by atoms with Crippen molar-refractivity contribution in [1.29, 1.82) is 0 Å². The van der Waals surface area contributed by atoms with Gasteiger partial charge in [-0.1, -0.05) is 12.8 Å². The number of nitrogens with zero attached hydrogens (tertiary/aromatic N) is 3. The lowest BCUT2D eigenvalue weighted by molar-refractivity contribution is -0.125. The second kappa shape index (κ2) is 7.74. The zero-order chi connectivity index (χ0) is 19.8. The molecule has 0 amide bonds. The Kier molecular flexibility index (Phi) is 5.10. The van der Waals surface area contributed by atoms with Crippen molar-refractivity contribution < 1.29 is 9.13 Å². The lowest BCUT2D eigenvalue weighted by Crippen LogP contribution is -2.69. The molecule has 4 atom stereocenters. The lowest BCUT2D eigenvalue weighted by atomic mass is 9.54. The smallest absolute Gasteiger partial charge is 0.191 e. The van der Waals surface area contributed by atoms with Crippen molar-refractivity contribution in [3.63, 3.8) is 0 Å². The van der Waals surface area contributed by atoms with Crippen molar-refractivity contribution in [2.45, 2.75) is 63.6 Å². The molecule has 3 heterocycles. The Bertz CT molecular complexity index is 765. The van der Waals surface area contributed by atoms with Gasteiger partial charge in [-0.3, -0.25) is 4.99 Å². The van der Waals surface area contributed by atoms with Gasteiger partial charge in [0.1, 0.15) is 0 Å². The zero-order valence-electron chi connectivity index (χ0n) is 17.2. The van der Waals surface area contributed by atoms with Gasteiger partial charge in [0.15, 0.2) is 17.6 Å². The maximum absolute atomic E-state index is 14.1. The number of hydrogen-bond acceptors (Lipinski definition) is 4. The van der Waals surface area contributed by atoms with Crippen LogP contribution < -0.4 is 15.5 Å². The van der Waals surface area contributed by atoms with Crippen molar-refractivity contribution in [2.75, 3.05) is 31.1 Å². The van der Waals surface area contributed by atoms with E-state index in [-0.39, 0.29) is 11.9 Å². The lowest BCUT2D eigenvalue weighted by Gasteiger charge is -2.57. The first kappa shape index (κ1) is 19.1. The quantitative estimate of drug-likeness (QED) is 0.600. The van der Waals surface area contributed by atoms with Gasteiger partial charge < -0.3 is 20.3 Å². The van der Waals surface area contributed by atoms with Crippen LogP contribution in [0.15, 0.2) is 23.3 Å². The number of anilines is 1. The molecule has 158 valence electrons. The number of nitrogens with one attached hydrogen (secondary N) is 2. The van der Waals surface area contributed by atoms with Gasteiger partial charge in [-0.15, -0.1) is 0 Å². The van der Waals surface area contributed by atoms with E-state index < -0.39 is 0 Å². The van der Waals surface area contributed by atoms with Crippen molar-refractivity contribution in [2.24, 2.45) is 16.3 Å². The molecule has 2 aliphatic heterocycles. The minimum absolute atomic E-state index is 0.240. The summed E-state index contributed by atoms with van der Waals surface area (Å²) in [4.78, 5) is 11.0. The number of pyridine rings is 1. The summed E-state index contributed by atoms with van der Waals surface area (Å²) in [5, 5.41) is 7.43. The number of rotatable bonds is 4. The summed E-state index contributed by atoms with van der Waals surface area (Å²) >= 11 is 0. The van der Waals surface area contributed by atoms with E-state index in [2.05, 4.69) is 22.5 Å². The third-order valence-electron chi connectivity index (χ3n) is 7.46. The van der Waals surface area contributed by atoms with Crippen LogP contribution in [0.1, 0.15) is 45.4 Å². The predicted octanol–water partition coefficient (Wildman–Crippen LogP) is 2.70. The van der Waals surface area contributed by atoms with Crippen molar-refractivity contribution >= 4 is 11.8 Å². The highest BCUT2D eigenvalue weighted by Gasteiger charge is 2.65. The molecule has 6 nitrogen and oxygen atoms in total. The van der Waals surface area contributed by atoms with E-state index in [0.717, 1.165) is 45.0 Å². The molecule has 2 saturated heterocycles. The van der Waals surface area contributed by atoms with Crippen molar-refractivity contribution in [3.05, 3.63) is 24.1 Å². The molecule has 0 radical (unpaired) electrons. The number of aromatic nitrogens is 1. The maximum atomic E-state index is 14.1. The van der Waals surface area contributed by atoms with E-state index >= 15 is 0 Å². The Morgan fingerprint density at radius 2 is 2.21 bits per heavy atom. The summed E-state index contributed by atoms with van der Waals surface area (Å²) in [6.07, 6.45) is 9.35. The average Bonchev–Trinajstić information content (AvgIpc) is 3.46. The van der Waals surface area contributed by atoms with Crippen LogP contribution in [-0.2, 0) is 4.74 Å². The Labute approximate surface area is 172 Å². The van der Waals surface area contributed by atoms with E-state index in [1.807, 2.05) is 4.90 Å². The summed E-state index contributed by atoms with van der Waals surface area (Å²) < 4.78 is 20.2. The summed E-state index contributed by atoms with van der Waals surface area (Å²) in [6, 6.07) is 3.81. The topological polar surface area (TPSA) is 61.8 Å². The monoisotopic (exact) mass is 401 g/mol. The molecule has 0 aromatic carbocycles. The number of fused-ring (bicyclic) bond motifs is 2. The van der Waals surface area contributed by atoms with Gasteiger partial charge in [-0.05, 0) is 44.7 Å². The van der Waals surface area contributed by atoms with Gasteiger partial charge in [0, 0.05) is 55.9 Å². The largest absolute Gasteiger partial charge is 0.377 e. The normalized spacial score (nSPS) is 33.0. The van der Waals surface area contributed by atoms with Crippen LogP contribution in [0.2, 0.25) is 0 Å². The molecule has 2 saturated carbocycles. The second-order valence-electron chi connectivity index (χ2n) is 9.01. The van der Waals surface area contributed by atoms with Gasteiger partial charge in [-0.2, -0.15) is 0 Å². The SMILES string of the molecule is CCN=C(NC1CCN(c2ncccc2F)C1)NC1C2CCOC2C12CCCC2. The van der Waals surface area contributed by atoms with Gasteiger partial charge in [0.05, 0.1) is 6.10 Å². The Morgan fingerprint density at radius 1 is 1.34 bits per heavy atom. The number of guanidine groups is 1. The molecule has 7 heteroatoms. The highest BCUT2D eigenvalue weighted by Crippen LogP contribution is 2.60. The van der Waals surface area contributed by atoms with Crippen molar-refractivity contribution in [3.8, 4) is 0 Å². The fourth-order valence-electron chi connectivity index (χ4n) is 6.22. The van der Waals surface area contributed by atoms with Crippen LogP contribution in [0, 0.1) is 17.2 Å². The summed E-state index contributed by atoms with van der Waals surface area (Å²) in [5.74, 6) is 1.72. The van der Waals surface area contributed by atoms with E-state index in [0.29, 0.717) is 29.3 Å². The Hall–Kier alpha value is -1.89. The third-order valence-corrected chi connectivity index (χ3v) is 7.46. The first-order valence-electron chi connectivity index (χ1n) is 11.3. The fourth-order valence-corrected chi connectivity index (χ4v) is 6.22. The number of hydrogen-bond donors (Lipinski definition) is 2. The van der Waals surface area contributed by atoms with Gasteiger partial charge in [-0.25, -0.2) is 9.37 Å². The molecule has 1 spiro atoms. The first-order chi connectivity index (χ1) is 14.2. The van der Waals surface area contributed by atoms with Crippen LogP contribution in [-0.4, -0.2) is 55.4 Å². The van der Waals surface area contributed by atoms with E-state index in [1.165, 1.54) is 31.7 Å². The molecular weight excluding hydrogens is 369 g/mol. The fraction of sp³-hybridized carbons (Fsp3) is 0.727. The molecular formula is C22H32FN5O. The molecule has 0 bridgehead atoms. The number of ether oxygens (including phenoxy) is 1. The van der Waals surface area contributed by atoms with Crippen LogP contribution in [0.4, 0.5) is 10.2 Å². The van der Waals surface area contributed by atoms with Crippen LogP contribution in [0.25, 0.3) is 0 Å². The standard InChI is InChI=1S/C22H32FN5O/c1-2-24-21(26-15-7-12-28(14-15)20-17(23)6-5-11-25-20)27-18-16-8-13-29-19(16)22(18)9-3-4-10-22/h5-6,11,15-16,18-19H,2-4,7-10,12-14H2,1H3,(H2,24,26,27). The highest BCUT2D eigenvalue weighted by molar-refractivity contribution is 5.81. The van der Waals surface area contributed by atoms with E-state index in [1.54, 1.807) is 12.3 Å². The Morgan fingerprint density at radius 3 is 3.00 bits per heavy atom. The van der Waals surface area contributed by atoms with Gasteiger partial charge in [0.25, 0.3) is 0 Å². The number of halogens is 1. The zero-order valence-corrected chi connectivity index (χ0v) is 17.2. The maximum Gasteiger partial charge on any atom is 0.191 e. The van der Waals surface area contributed by atoms with Crippen LogP contribution in [0.5, 0.6) is 0 Å². The average molecular weight is 402 g/mol. The molecule has 29 heavy (non-hydrogen) atoms. The molecule has 5 rings (SSSR count). The predicted molar refractivity (Wildman–Crippen MR) is 112 cm³/mol. The third kappa shape index (κ3) is 3.27. The van der Waals surface area contributed by atoms with E-state index in [9.17, 15) is 4.39 Å². The van der Waals surface area contributed by atoms with Crippen LogP contribution in [0.3, 0.4) is 0 Å². The first-order valence-corrected chi connectivity index (χ1v) is 11.3. The van der Waals surface area contributed by atoms with Crippen molar-refractivity contribution in [1.82, 2.24) is 15.6 Å². The van der Waals surface area contributed by atoms with E-state index in [4.69, 9.17) is 9.73 Å². The summed E-state index contributed by atoms with van der Waals surface area (Å²) in [6.45, 7) is 5.25. The molecule has 4 fully saturated rings. The summed E-state index contributed by atoms with van der Waals surface area (Å²) in [5.41, 5.74) is 0.302. The minimum Gasteiger partial charge on any atom is -0.377 e. The molecule has 4 unspecified atom stereocenters. The van der Waals surface area contributed by atoms with Crippen LogP contribution >= 0.6 is 0 Å².